The summed E-state index contributed by atoms with van der Waals surface area (Å²) < 4.78 is 0. The maximum Gasteiger partial charge on any atom is 0.250 e. The van der Waals surface area contributed by atoms with Gasteiger partial charge in [-0.2, -0.15) is 5.10 Å². The Bertz CT molecular complexity index is 300. The lowest BCUT2D eigenvalue weighted by molar-refractivity contribution is -0.117. The molecule has 2 rings (SSSR count). The number of nitrogens with zero attached hydrogens (tertiary/aromatic N) is 2. The highest BCUT2D eigenvalue weighted by molar-refractivity contribution is 5.97. The first kappa shape index (κ1) is 5.34. The van der Waals surface area contributed by atoms with Crippen LogP contribution in [-0.2, 0) is 11.2 Å². The highest BCUT2D eigenvalue weighted by Gasteiger charge is 2.11. The highest BCUT2D eigenvalue weighted by atomic mass is 16.1. The fourth-order valence-electron chi connectivity index (χ4n) is 0.919. The third kappa shape index (κ3) is 0.655. The normalized spacial score (nSPS) is 15.4. The van der Waals surface area contributed by atoms with Gasteiger partial charge in [0.1, 0.15) is 0 Å². The van der Waals surface area contributed by atoms with Crippen molar-refractivity contribution in [3.05, 3.63) is 17.5 Å². The maximum atomic E-state index is 10.7. The molecule has 0 aliphatic carbocycles. The average molecular weight is 135 g/mol. The zero-order chi connectivity index (χ0) is 6.97. The first-order chi connectivity index (χ1) is 4.86. The molecule has 1 N–H and O–H groups in total. The van der Waals surface area contributed by atoms with Gasteiger partial charge in [-0.15, -0.1) is 0 Å². The van der Waals surface area contributed by atoms with Crippen LogP contribution in [-0.4, -0.2) is 22.3 Å². The second kappa shape index (κ2) is 1.76. The van der Waals surface area contributed by atoms with Gasteiger partial charge in [0.25, 0.3) is 0 Å². The van der Waals surface area contributed by atoms with Crippen LogP contribution in [0.5, 0.6) is 0 Å². The number of aromatic nitrogens is 2. The van der Waals surface area contributed by atoms with Crippen LogP contribution < -0.4 is 0 Å². The zero-order valence-corrected chi connectivity index (χ0v) is 5.16. The first-order valence-electron chi connectivity index (χ1n) is 2.95. The first-order valence-corrected chi connectivity index (χ1v) is 2.95. The van der Waals surface area contributed by atoms with E-state index in [9.17, 15) is 4.79 Å². The minimum absolute atomic E-state index is 0.103. The molecule has 10 heavy (non-hydrogen) atoms. The van der Waals surface area contributed by atoms with Crippen molar-refractivity contribution >= 4 is 12.1 Å². The summed E-state index contributed by atoms with van der Waals surface area (Å²) in [5, 5.41) is 6.50. The summed E-state index contributed by atoms with van der Waals surface area (Å²) in [5.41, 5.74) is 1.78. The lowest BCUT2D eigenvalue weighted by Gasteiger charge is -1.98. The summed E-state index contributed by atoms with van der Waals surface area (Å²) in [6, 6.07) is 0. The molecule has 0 radical (unpaired) electrons. The second-order valence-corrected chi connectivity index (χ2v) is 2.14. The van der Waals surface area contributed by atoms with E-state index < -0.39 is 0 Å². The number of aromatic amines is 1. The van der Waals surface area contributed by atoms with Crippen LogP contribution in [0.4, 0.5) is 0 Å². The van der Waals surface area contributed by atoms with Gasteiger partial charge < -0.3 is 0 Å². The van der Waals surface area contributed by atoms with Gasteiger partial charge in [-0.1, -0.05) is 0 Å². The molecule has 0 fully saturated rings. The van der Waals surface area contributed by atoms with Gasteiger partial charge in [0.15, 0.2) is 0 Å². The molecular formula is C6H5N3O. The van der Waals surface area contributed by atoms with Crippen molar-refractivity contribution in [3.8, 4) is 0 Å². The van der Waals surface area contributed by atoms with Crippen molar-refractivity contribution in [2.24, 2.45) is 4.99 Å². The second-order valence-electron chi connectivity index (χ2n) is 2.14. The van der Waals surface area contributed by atoms with Gasteiger partial charge >= 0.3 is 0 Å². The Hall–Kier alpha value is -1.45. The predicted molar refractivity (Wildman–Crippen MR) is 34.9 cm³/mol. The Balaban J connectivity index is 2.52. The summed E-state index contributed by atoms with van der Waals surface area (Å²) in [4.78, 5) is 14.3. The number of amides is 1. The predicted octanol–water partition coefficient (Wildman–Crippen LogP) is -0.0887. The molecule has 1 amide bonds. The smallest absolute Gasteiger partial charge is 0.250 e. The van der Waals surface area contributed by atoms with Crippen molar-refractivity contribution in [2.75, 3.05) is 0 Å². The van der Waals surface area contributed by atoms with Crippen LogP contribution in [0.1, 0.15) is 11.3 Å². The lowest BCUT2D eigenvalue weighted by atomic mass is 10.1. The molecule has 4 heteroatoms. The molecule has 2 heterocycles. The third-order valence-electron chi connectivity index (χ3n) is 1.43. The standard InChI is InChI=1S/C6H5N3O/c10-6-1-4-2-8-9-5(4)3-7-6/h2-3H,1H2,(H,8,9). The number of aliphatic imine (C=N–C) groups is 1. The van der Waals surface area contributed by atoms with E-state index in [1.54, 1.807) is 6.20 Å². The largest absolute Gasteiger partial charge is 0.277 e. The number of hydrogen-bond donors (Lipinski definition) is 1. The van der Waals surface area contributed by atoms with Crippen LogP contribution in [0.3, 0.4) is 0 Å². The Morgan fingerprint density at radius 3 is 3.40 bits per heavy atom. The minimum atomic E-state index is -0.103. The fourth-order valence-corrected chi connectivity index (χ4v) is 0.919. The molecule has 0 unspecified atom stereocenters. The number of hydrogen-bond acceptors (Lipinski definition) is 2. The molecule has 0 bridgehead atoms. The van der Waals surface area contributed by atoms with E-state index in [1.165, 1.54) is 6.21 Å². The van der Waals surface area contributed by atoms with Crippen molar-refractivity contribution in [1.82, 2.24) is 10.2 Å². The molecule has 1 aromatic heterocycles. The SMILES string of the molecule is O=C1Cc2cn[nH]c2C=N1. The Morgan fingerprint density at radius 1 is 1.60 bits per heavy atom. The number of carbonyl (C=O) groups excluding carboxylic acids is 1. The molecule has 1 aliphatic heterocycles. The number of rotatable bonds is 0. The molecular weight excluding hydrogens is 130 g/mol. The number of carbonyl (C=O) groups is 1. The number of nitrogens with one attached hydrogen (secondary N) is 1. The molecule has 0 spiro atoms. The van der Waals surface area contributed by atoms with E-state index in [0.29, 0.717) is 6.42 Å². The summed E-state index contributed by atoms with van der Waals surface area (Å²) in [6.07, 6.45) is 3.54. The van der Waals surface area contributed by atoms with Crippen LogP contribution >= 0.6 is 0 Å². The van der Waals surface area contributed by atoms with E-state index in [2.05, 4.69) is 15.2 Å². The fraction of sp³-hybridized carbons (Fsp3) is 0.167. The van der Waals surface area contributed by atoms with Gasteiger partial charge in [-0.3, -0.25) is 9.89 Å². The Labute approximate surface area is 57.0 Å². The molecule has 0 saturated carbocycles. The van der Waals surface area contributed by atoms with Crippen molar-refractivity contribution in [2.45, 2.75) is 6.42 Å². The van der Waals surface area contributed by atoms with E-state index >= 15 is 0 Å². The van der Waals surface area contributed by atoms with Crippen LogP contribution in [0.25, 0.3) is 0 Å². The molecule has 0 atom stereocenters. The van der Waals surface area contributed by atoms with Gasteiger partial charge in [-0.05, 0) is 0 Å². The average Bonchev–Trinajstić information content (AvgIpc) is 2.33. The Morgan fingerprint density at radius 2 is 2.50 bits per heavy atom. The quantitative estimate of drug-likeness (QED) is 0.540. The van der Waals surface area contributed by atoms with Gasteiger partial charge in [0.05, 0.1) is 24.5 Å². The van der Waals surface area contributed by atoms with Crippen molar-refractivity contribution < 1.29 is 4.79 Å². The third-order valence-corrected chi connectivity index (χ3v) is 1.43. The molecule has 1 aromatic rings. The van der Waals surface area contributed by atoms with Gasteiger partial charge in [0, 0.05) is 5.56 Å². The molecule has 1 aliphatic rings. The van der Waals surface area contributed by atoms with Gasteiger partial charge in [0.2, 0.25) is 5.91 Å². The van der Waals surface area contributed by atoms with E-state index in [4.69, 9.17) is 0 Å². The van der Waals surface area contributed by atoms with Crippen LogP contribution in [0, 0.1) is 0 Å². The molecule has 0 saturated heterocycles. The molecule has 50 valence electrons. The maximum absolute atomic E-state index is 10.7. The van der Waals surface area contributed by atoms with E-state index in [1.807, 2.05) is 0 Å². The zero-order valence-electron chi connectivity index (χ0n) is 5.16. The van der Waals surface area contributed by atoms with Crippen LogP contribution in [0.15, 0.2) is 11.2 Å². The summed E-state index contributed by atoms with van der Waals surface area (Å²) >= 11 is 0. The summed E-state index contributed by atoms with van der Waals surface area (Å²) in [5.74, 6) is -0.103. The van der Waals surface area contributed by atoms with Crippen molar-refractivity contribution in [3.63, 3.8) is 0 Å². The van der Waals surface area contributed by atoms with Crippen molar-refractivity contribution in [1.29, 1.82) is 0 Å². The monoisotopic (exact) mass is 135 g/mol. The van der Waals surface area contributed by atoms with E-state index in [0.717, 1.165) is 11.3 Å². The summed E-state index contributed by atoms with van der Waals surface area (Å²) in [6.45, 7) is 0. The number of fused-ring (bicyclic) bond motifs is 1. The van der Waals surface area contributed by atoms with E-state index in [-0.39, 0.29) is 5.91 Å². The highest BCUT2D eigenvalue weighted by Crippen LogP contribution is 2.07. The lowest BCUT2D eigenvalue weighted by Crippen LogP contribution is -2.06. The van der Waals surface area contributed by atoms with Gasteiger partial charge in [-0.25, -0.2) is 4.99 Å². The molecule has 0 aromatic carbocycles. The minimum Gasteiger partial charge on any atom is -0.277 e. The topological polar surface area (TPSA) is 58.1 Å². The molecule has 4 nitrogen and oxygen atoms in total. The number of H-pyrrole nitrogens is 1. The summed E-state index contributed by atoms with van der Waals surface area (Å²) in [7, 11) is 0. The van der Waals surface area contributed by atoms with Crippen LogP contribution in [0.2, 0.25) is 0 Å². The Kier molecular flexibility index (Phi) is 0.943.